The molecule has 38 heavy (non-hydrogen) atoms. The Hall–Kier alpha value is -3.67. The highest BCUT2D eigenvalue weighted by atomic mass is 32.2. The smallest absolute Gasteiger partial charge is 0.324 e. The molecule has 9 nitrogen and oxygen atoms in total. The van der Waals surface area contributed by atoms with Gasteiger partial charge in [0.25, 0.3) is 5.91 Å². The molecule has 1 saturated heterocycles. The molecule has 1 fully saturated rings. The van der Waals surface area contributed by atoms with Crippen LogP contribution >= 0.6 is 11.7 Å². The van der Waals surface area contributed by atoms with Crippen molar-refractivity contribution in [2.45, 2.75) is 36.6 Å². The van der Waals surface area contributed by atoms with E-state index in [1.54, 1.807) is 18.2 Å². The zero-order valence-electron chi connectivity index (χ0n) is 20.4. The Bertz CT molecular complexity index is 1560. The third-order valence-corrected chi connectivity index (χ3v) is 8.92. The van der Waals surface area contributed by atoms with Crippen LogP contribution in [0.1, 0.15) is 30.4 Å². The van der Waals surface area contributed by atoms with E-state index in [-0.39, 0.29) is 17.0 Å². The van der Waals surface area contributed by atoms with Gasteiger partial charge in [-0.05, 0) is 55.0 Å². The highest BCUT2D eigenvalue weighted by Gasteiger charge is 2.39. The molecule has 1 atom stereocenters. The summed E-state index contributed by atoms with van der Waals surface area (Å²) in [4.78, 5) is 25.7. The Balaban J connectivity index is 1.26. The van der Waals surface area contributed by atoms with Gasteiger partial charge in [0.2, 0.25) is 10.0 Å². The molecule has 4 aromatic rings. The van der Waals surface area contributed by atoms with E-state index < -0.39 is 34.5 Å². The molecular weight excluding hydrogens is 524 g/mol. The SMILES string of the molecule is O=C(COC(=O)C1CCCCN1S(=O)(=O)c1cccc2nsnc12)Nc1ccccc1Cc1ccccc1. The van der Waals surface area contributed by atoms with Gasteiger partial charge in [-0.25, -0.2) is 8.42 Å². The molecule has 0 bridgehead atoms. The largest absolute Gasteiger partial charge is 0.454 e. The van der Waals surface area contributed by atoms with Gasteiger partial charge in [0.15, 0.2) is 6.61 Å². The molecule has 0 saturated carbocycles. The molecule has 11 heteroatoms. The maximum atomic E-state index is 13.6. The first kappa shape index (κ1) is 26.0. The summed E-state index contributed by atoms with van der Waals surface area (Å²) < 4.78 is 41.9. The fourth-order valence-corrected chi connectivity index (χ4v) is 6.98. The summed E-state index contributed by atoms with van der Waals surface area (Å²) in [5.41, 5.74) is 3.42. The number of aromatic nitrogens is 2. The quantitative estimate of drug-likeness (QED) is 0.329. The Kier molecular flexibility index (Phi) is 7.77. The van der Waals surface area contributed by atoms with Gasteiger partial charge in [-0.3, -0.25) is 9.59 Å². The summed E-state index contributed by atoms with van der Waals surface area (Å²) in [6, 6.07) is 21.1. The summed E-state index contributed by atoms with van der Waals surface area (Å²) in [7, 11) is -4.04. The molecule has 3 aromatic carbocycles. The lowest BCUT2D eigenvalue weighted by molar-refractivity contribution is -0.152. The average molecular weight is 551 g/mol. The van der Waals surface area contributed by atoms with E-state index in [9.17, 15) is 18.0 Å². The molecule has 196 valence electrons. The third-order valence-electron chi connectivity index (χ3n) is 6.44. The monoisotopic (exact) mass is 550 g/mol. The first-order valence-electron chi connectivity index (χ1n) is 12.2. The lowest BCUT2D eigenvalue weighted by Gasteiger charge is -2.32. The van der Waals surface area contributed by atoms with E-state index in [1.165, 1.54) is 10.4 Å². The molecule has 0 aliphatic carbocycles. The van der Waals surface area contributed by atoms with Gasteiger partial charge in [-0.15, -0.1) is 0 Å². The average Bonchev–Trinajstić information content (AvgIpc) is 3.42. The van der Waals surface area contributed by atoms with E-state index in [1.807, 2.05) is 48.5 Å². The van der Waals surface area contributed by atoms with Crippen LogP contribution in [0, 0.1) is 0 Å². The van der Waals surface area contributed by atoms with Crippen LogP contribution in [0.4, 0.5) is 5.69 Å². The number of nitrogens with one attached hydrogen (secondary N) is 1. The number of para-hydroxylation sites is 1. The fraction of sp³-hybridized carbons (Fsp3) is 0.259. The van der Waals surface area contributed by atoms with E-state index in [0.29, 0.717) is 36.9 Å². The second-order valence-corrected chi connectivity index (χ2v) is 11.4. The van der Waals surface area contributed by atoms with Gasteiger partial charge >= 0.3 is 5.97 Å². The highest BCUT2D eigenvalue weighted by molar-refractivity contribution is 7.89. The van der Waals surface area contributed by atoms with Crippen LogP contribution in [0.25, 0.3) is 11.0 Å². The molecule has 5 rings (SSSR count). The number of benzene rings is 3. The lowest BCUT2D eigenvalue weighted by Crippen LogP contribution is -2.49. The Morgan fingerprint density at radius 3 is 2.61 bits per heavy atom. The van der Waals surface area contributed by atoms with Crippen molar-refractivity contribution in [2.24, 2.45) is 0 Å². The maximum Gasteiger partial charge on any atom is 0.324 e. The number of rotatable bonds is 8. The van der Waals surface area contributed by atoms with Gasteiger partial charge in [-0.2, -0.15) is 13.1 Å². The predicted octanol–water partition coefficient (Wildman–Crippen LogP) is 4.01. The normalized spacial score (nSPS) is 16.3. The minimum atomic E-state index is -4.04. The number of anilines is 1. The van der Waals surface area contributed by atoms with Crippen molar-refractivity contribution >= 4 is 50.3 Å². The highest BCUT2D eigenvalue weighted by Crippen LogP contribution is 2.30. The molecule has 1 unspecified atom stereocenters. The van der Waals surface area contributed by atoms with Crippen LogP contribution in [0.5, 0.6) is 0 Å². The Morgan fingerprint density at radius 1 is 0.974 bits per heavy atom. The minimum absolute atomic E-state index is 0.0104. The van der Waals surface area contributed by atoms with Crippen molar-refractivity contribution in [1.82, 2.24) is 13.1 Å². The summed E-state index contributed by atoms with van der Waals surface area (Å²) in [6.45, 7) is -0.344. The molecule has 0 radical (unpaired) electrons. The standard InChI is InChI=1S/C27H26N4O5S2/c32-25(28-21-12-5-4-11-20(21)17-19-9-2-1-3-10-19)18-36-27(33)23-14-6-7-16-31(23)38(34,35)24-15-8-13-22-26(24)30-37-29-22/h1-5,8-13,15,23H,6-7,14,16-18H2,(H,28,32). The Labute approximate surface area is 224 Å². The summed E-state index contributed by atoms with van der Waals surface area (Å²) in [5, 5.41) is 2.81. The molecule has 0 spiro atoms. The van der Waals surface area contributed by atoms with E-state index in [2.05, 4.69) is 14.1 Å². The van der Waals surface area contributed by atoms with Gasteiger partial charge < -0.3 is 10.1 Å². The third kappa shape index (κ3) is 5.59. The van der Waals surface area contributed by atoms with Gasteiger partial charge in [0.05, 0.1) is 11.7 Å². The van der Waals surface area contributed by atoms with Crippen LogP contribution in [-0.4, -0.2) is 52.5 Å². The number of esters is 1. The van der Waals surface area contributed by atoms with E-state index in [0.717, 1.165) is 22.9 Å². The fourth-order valence-electron chi connectivity index (χ4n) is 4.58. The first-order valence-corrected chi connectivity index (χ1v) is 14.4. The van der Waals surface area contributed by atoms with Crippen molar-refractivity contribution in [2.75, 3.05) is 18.5 Å². The molecular formula is C27H26N4O5S2. The van der Waals surface area contributed by atoms with Crippen molar-refractivity contribution in [3.05, 3.63) is 83.9 Å². The number of amides is 1. The first-order chi connectivity index (χ1) is 18.4. The number of hydrogen-bond donors (Lipinski definition) is 1. The molecule has 1 aliphatic heterocycles. The van der Waals surface area contributed by atoms with Crippen molar-refractivity contribution in [1.29, 1.82) is 0 Å². The van der Waals surface area contributed by atoms with Crippen LogP contribution in [0.15, 0.2) is 77.7 Å². The second-order valence-electron chi connectivity index (χ2n) is 8.99. The number of sulfonamides is 1. The molecule has 1 aliphatic rings. The van der Waals surface area contributed by atoms with Crippen LogP contribution in [0.2, 0.25) is 0 Å². The molecule has 1 N–H and O–H groups in total. The van der Waals surface area contributed by atoms with Crippen molar-refractivity contribution in [3.8, 4) is 0 Å². The number of carbonyl (C=O) groups excluding carboxylic acids is 2. The number of nitrogens with zero attached hydrogens (tertiary/aromatic N) is 3. The second kappa shape index (κ2) is 11.4. The molecule has 1 aromatic heterocycles. The lowest BCUT2D eigenvalue weighted by atomic mass is 10.0. The van der Waals surface area contributed by atoms with Crippen molar-refractivity contribution < 1.29 is 22.7 Å². The molecule has 2 heterocycles. The number of fused-ring (bicyclic) bond motifs is 1. The van der Waals surface area contributed by atoms with Crippen LogP contribution in [-0.2, 0) is 30.8 Å². The van der Waals surface area contributed by atoms with Crippen LogP contribution < -0.4 is 5.32 Å². The van der Waals surface area contributed by atoms with E-state index in [4.69, 9.17) is 4.74 Å². The van der Waals surface area contributed by atoms with E-state index >= 15 is 0 Å². The zero-order valence-corrected chi connectivity index (χ0v) is 22.1. The number of piperidine rings is 1. The van der Waals surface area contributed by atoms with Crippen LogP contribution in [0.3, 0.4) is 0 Å². The van der Waals surface area contributed by atoms with Crippen molar-refractivity contribution in [3.63, 3.8) is 0 Å². The van der Waals surface area contributed by atoms with Gasteiger partial charge in [-0.1, -0.05) is 54.6 Å². The summed E-state index contributed by atoms with van der Waals surface area (Å²) in [6.07, 6.45) is 2.23. The number of ether oxygens (including phenoxy) is 1. The summed E-state index contributed by atoms with van der Waals surface area (Å²) >= 11 is 0.931. The topological polar surface area (TPSA) is 119 Å². The predicted molar refractivity (Wildman–Crippen MR) is 144 cm³/mol. The summed E-state index contributed by atoms with van der Waals surface area (Å²) in [5.74, 6) is -1.24. The maximum absolute atomic E-state index is 13.6. The molecule has 1 amide bonds. The minimum Gasteiger partial charge on any atom is -0.454 e. The number of carbonyl (C=O) groups is 2. The zero-order chi connectivity index (χ0) is 26.5. The van der Waals surface area contributed by atoms with Gasteiger partial charge in [0, 0.05) is 12.2 Å². The van der Waals surface area contributed by atoms with Gasteiger partial charge in [0.1, 0.15) is 22.0 Å². The number of hydrogen-bond acceptors (Lipinski definition) is 8. The Morgan fingerprint density at radius 2 is 1.76 bits per heavy atom.